The van der Waals surface area contributed by atoms with Crippen molar-refractivity contribution in [2.75, 3.05) is 5.32 Å². The van der Waals surface area contributed by atoms with E-state index >= 15 is 0 Å². The summed E-state index contributed by atoms with van der Waals surface area (Å²) in [6, 6.07) is 19.4. The molecule has 0 spiro atoms. The molecule has 6 nitrogen and oxygen atoms in total. The number of thiazole rings is 1. The van der Waals surface area contributed by atoms with Crippen LogP contribution in [0.2, 0.25) is 0 Å². The Hall–Kier alpha value is -3.84. The van der Waals surface area contributed by atoms with Crippen molar-refractivity contribution < 1.29 is 14.3 Å². The molecule has 2 aromatic heterocycles. The number of pyridine rings is 1. The Kier molecular flexibility index (Phi) is 5.91. The van der Waals surface area contributed by atoms with Crippen LogP contribution in [0.15, 0.2) is 84.5 Å². The van der Waals surface area contributed by atoms with Gasteiger partial charge in [-0.2, -0.15) is 0 Å². The highest BCUT2D eigenvalue weighted by Crippen LogP contribution is 2.23. The van der Waals surface area contributed by atoms with E-state index in [1.807, 2.05) is 23.6 Å². The summed E-state index contributed by atoms with van der Waals surface area (Å²) in [6.07, 6.45) is 3.51. The van der Waals surface area contributed by atoms with Crippen LogP contribution < -0.4 is 10.1 Å². The third kappa shape index (κ3) is 4.95. The molecule has 7 heteroatoms. The highest BCUT2D eigenvalue weighted by molar-refractivity contribution is 7.13. The molecular weight excluding hydrogens is 398 g/mol. The highest BCUT2D eigenvalue weighted by atomic mass is 32.1. The number of anilines is 1. The van der Waals surface area contributed by atoms with Crippen LogP contribution >= 0.6 is 11.3 Å². The predicted molar refractivity (Wildman–Crippen MR) is 116 cm³/mol. The summed E-state index contributed by atoms with van der Waals surface area (Å²) < 4.78 is 5.38. The molecule has 4 rings (SSSR count). The molecule has 2 aromatic carbocycles. The highest BCUT2D eigenvalue weighted by Gasteiger charge is 2.12. The summed E-state index contributed by atoms with van der Waals surface area (Å²) in [5.74, 6) is -0.201. The lowest BCUT2D eigenvalue weighted by Gasteiger charge is -2.07. The summed E-state index contributed by atoms with van der Waals surface area (Å²) in [6.45, 7) is 0. The number of ether oxygens (including phenoxy) is 1. The maximum Gasteiger partial charge on any atom is 0.317 e. The fourth-order valence-corrected chi connectivity index (χ4v) is 3.54. The van der Waals surface area contributed by atoms with Crippen LogP contribution in [0.4, 0.5) is 5.69 Å². The van der Waals surface area contributed by atoms with E-state index in [1.54, 1.807) is 60.9 Å². The van der Waals surface area contributed by atoms with Crippen molar-refractivity contribution in [3.05, 3.63) is 95.8 Å². The minimum Gasteiger partial charge on any atom is -0.426 e. The number of benzene rings is 2. The van der Waals surface area contributed by atoms with Gasteiger partial charge in [0.05, 0.1) is 12.1 Å². The van der Waals surface area contributed by atoms with Crippen molar-refractivity contribution in [2.24, 2.45) is 0 Å². The quantitative estimate of drug-likeness (QED) is 0.367. The average Bonchev–Trinajstić information content (AvgIpc) is 3.24. The Bertz CT molecular complexity index is 1140. The molecule has 0 aliphatic rings. The second kappa shape index (κ2) is 9.11. The van der Waals surface area contributed by atoms with Crippen LogP contribution in [0, 0.1) is 0 Å². The maximum atomic E-state index is 12.2. The number of hydrogen-bond donors (Lipinski definition) is 1. The minimum absolute atomic E-state index is 0.0727. The van der Waals surface area contributed by atoms with Crippen molar-refractivity contribution >= 4 is 28.9 Å². The fourth-order valence-electron chi connectivity index (χ4n) is 2.72. The molecule has 0 unspecified atom stereocenters. The van der Waals surface area contributed by atoms with Crippen LogP contribution in [-0.4, -0.2) is 21.8 Å². The lowest BCUT2D eigenvalue weighted by molar-refractivity contribution is -0.133. The molecule has 0 saturated heterocycles. The van der Waals surface area contributed by atoms with Gasteiger partial charge in [0.2, 0.25) is 0 Å². The van der Waals surface area contributed by atoms with Crippen LogP contribution in [0.25, 0.3) is 10.6 Å². The first-order valence-electron chi connectivity index (χ1n) is 9.19. The Morgan fingerprint density at radius 1 is 0.967 bits per heavy atom. The molecule has 0 atom stereocenters. The average molecular weight is 415 g/mol. The molecular formula is C23H17N3O3S. The summed E-state index contributed by atoms with van der Waals surface area (Å²) in [4.78, 5) is 33.0. The molecule has 30 heavy (non-hydrogen) atoms. The second-order valence-electron chi connectivity index (χ2n) is 6.38. The van der Waals surface area contributed by atoms with E-state index in [9.17, 15) is 9.59 Å². The van der Waals surface area contributed by atoms with Crippen LogP contribution in [-0.2, 0) is 11.2 Å². The monoisotopic (exact) mass is 415 g/mol. The van der Waals surface area contributed by atoms with E-state index in [2.05, 4.69) is 15.3 Å². The Morgan fingerprint density at radius 2 is 1.77 bits per heavy atom. The number of esters is 1. The number of amides is 1. The number of hydrogen-bond acceptors (Lipinski definition) is 6. The smallest absolute Gasteiger partial charge is 0.317 e. The summed E-state index contributed by atoms with van der Waals surface area (Å²) in [5.41, 5.74) is 2.75. The first-order chi connectivity index (χ1) is 14.7. The molecule has 4 aromatic rings. The van der Waals surface area contributed by atoms with Gasteiger partial charge in [0.25, 0.3) is 5.91 Å². The molecule has 0 bridgehead atoms. The summed E-state index contributed by atoms with van der Waals surface area (Å²) in [5, 5.41) is 5.45. The fraction of sp³-hybridized carbons (Fsp3) is 0.0435. The van der Waals surface area contributed by atoms with Gasteiger partial charge in [-0.1, -0.05) is 18.2 Å². The standard InChI is InChI=1S/C23H17N3O3S/c27-21(13-19-15-30-23(26-19)17-7-4-12-24-14-17)29-20-10-8-18(9-11-20)25-22(28)16-5-2-1-3-6-16/h1-12,14-15H,13H2,(H,25,28). The lowest BCUT2D eigenvalue weighted by Crippen LogP contribution is -2.12. The molecule has 0 aliphatic heterocycles. The first-order valence-corrected chi connectivity index (χ1v) is 10.1. The molecule has 0 radical (unpaired) electrons. The Morgan fingerprint density at radius 3 is 2.50 bits per heavy atom. The molecule has 148 valence electrons. The lowest BCUT2D eigenvalue weighted by atomic mass is 10.2. The van der Waals surface area contributed by atoms with Gasteiger partial charge in [-0.25, -0.2) is 4.98 Å². The zero-order valence-electron chi connectivity index (χ0n) is 15.8. The van der Waals surface area contributed by atoms with E-state index in [-0.39, 0.29) is 12.3 Å². The van der Waals surface area contributed by atoms with E-state index in [1.165, 1.54) is 11.3 Å². The van der Waals surface area contributed by atoms with Gasteiger partial charge in [-0.3, -0.25) is 14.6 Å². The number of nitrogens with zero attached hydrogens (tertiary/aromatic N) is 2. The summed E-state index contributed by atoms with van der Waals surface area (Å²) >= 11 is 1.46. The van der Waals surface area contributed by atoms with E-state index < -0.39 is 5.97 Å². The SMILES string of the molecule is O=C(Cc1csc(-c2cccnc2)n1)Oc1ccc(NC(=O)c2ccccc2)cc1. The van der Waals surface area contributed by atoms with Gasteiger partial charge in [-0.15, -0.1) is 11.3 Å². The number of aromatic nitrogens is 2. The first kappa shape index (κ1) is 19.5. The van der Waals surface area contributed by atoms with Crippen molar-refractivity contribution in [3.63, 3.8) is 0 Å². The molecule has 1 amide bonds. The zero-order chi connectivity index (χ0) is 20.8. The summed E-state index contributed by atoms with van der Waals surface area (Å²) in [7, 11) is 0. The molecule has 0 saturated carbocycles. The van der Waals surface area contributed by atoms with E-state index in [0.29, 0.717) is 22.7 Å². The van der Waals surface area contributed by atoms with Gasteiger partial charge in [-0.05, 0) is 48.5 Å². The molecule has 2 heterocycles. The Labute approximate surface area is 177 Å². The zero-order valence-corrected chi connectivity index (χ0v) is 16.6. The second-order valence-corrected chi connectivity index (χ2v) is 7.24. The van der Waals surface area contributed by atoms with Crippen LogP contribution in [0.5, 0.6) is 5.75 Å². The molecule has 0 aliphatic carbocycles. The van der Waals surface area contributed by atoms with E-state index in [4.69, 9.17) is 4.74 Å². The van der Waals surface area contributed by atoms with Gasteiger partial charge in [0, 0.05) is 34.6 Å². The Balaban J connectivity index is 1.33. The largest absolute Gasteiger partial charge is 0.426 e. The minimum atomic E-state index is -0.404. The molecule has 0 fully saturated rings. The topological polar surface area (TPSA) is 81.2 Å². The van der Waals surface area contributed by atoms with E-state index in [0.717, 1.165) is 10.6 Å². The maximum absolute atomic E-state index is 12.2. The number of carbonyl (C=O) groups is 2. The van der Waals surface area contributed by atoms with Crippen molar-refractivity contribution in [3.8, 4) is 16.3 Å². The number of rotatable bonds is 6. The van der Waals surface area contributed by atoms with Crippen LogP contribution in [0.3, 0.4) is 0 Å². The third-order valence-corrected chi connectivity index (χ3v) is 5.11. The molecule has 1 N–H and O–H groups in total. The van der Waals surface area contributed by atoms with Gasteiger partial charge in [0.1, 0.15) is 10.8 Å². The number of nitrogens with one attached hydrogen (secondary N) is 1. The third-order valence-electron chi connectivity index (χ3n) is 4.17. The van der Waals surface area contributed by atoms with Gasteiger partial charge < -0.3 is 10.1 Å². The predicted octanol–water partition coefficient (Wildman–Crippen LogP) is 4.61. The number of carbonyl (C=O) groups excluding carboxylic acids is 2. The van der Waals surface area contributed by atoms with Crippen LogP contribution in [0.1, 0.15) is 16.1 Å². The van der Waals surface area contributed by atoms with Gasteiger partial charge in [0.15, 0.2) is 0 Å². The normalized spacial score (nSPS) is 10.4. The van der Waals surface area contributed by atoms with Crippen molar-refractivity contribution in [1.82, 2.24) is 9.97 Å². The van der Waals surface area contributed by atoms with Crippen molar-refractivity contribution in [2.45, 2.75) is 6.42 Å². The van der Waals surface area contributed by atoms with Crippen molar-refractivity contribution in [1.29, 1.82) is 0 Å². The van der Waals surface area contributed by atoms with Gasteiger partial charge >= 0.3 is 5.97 Å².